The molecule has 0 saturated carbocycles. The van der Waals surface area contributed by atoms with Gasteiger partial charge in [-0.15, -0.1) is 0 Å². The van der Waals surface area contributed by atoms with Crippen LogP contribution in [0.5, 0.6) is 0 Å². The number of carbonyl (C=O) groups is 1. The molecule has 8 rings (SSSR count). The number of carbonyl (C=O) groups excluding carboxylic acids is 1. The quantitative estimate of drug-likeness (QED) is 0.208. The van der Waals surface area contributed by atoms with Crippen molar-refractivity contribution in [3.63, 3.8) is 0 Å². The van der Waals surface area contributed by atoms with Gasteiger partial charge in [-0.1, -0.05) is 81.0 Å². The lowest BCUT2D eigenvalue weighted by atomic mass is 9.86. The number of alkyl halides is 6. The van der Waals surface area contributed by atoms with Crippen LogP contribution in [-0.2, 0) is 33.7 Å². The minimum Gasteiger partial charge on any atom is -0.388 e. The second kappa shape index (κ2) is 14.0. The van der Waals surface area contributed by atoms with E-state index in [1.54, 1.807) is 36.4 Å². The van der Waals surface area contributed by atoms with E-state index in [2.05, 4.69) is 10.3 Å². The summed E-state index contributed by atoms with van der Waals surface area (Å²) in [5.74, 6) is 0.0411. The van der Waals surface area contributed by atoms with Crippen LogP contribution in [0.2, 0.25) is 20.1 Å². The van der Waals surface area contributed by atoms with Crippen LogP contribution in [0.4, 0.5) is 26.3 Å². The summed E-state index contributed by atoms with van der Waals surface area (Å²) in [5, 5.41) is 17.7. The van der Waals surface area contributed by atoms with Gasteiger partial charge in [-0.2, -0.15) is 26.3 Å². The highest BCUT2D eigenvalue weighted by molar-refractivity contribution is 6.35. The van der Waals surface area contributed by atoms with Gasteiger partial charge in [-0.05, 0) is 95.6 Å². The molecule has 4 aromatic rings. The lowest BCUT2D eigenvalue weighted by molar-refractivity contribution is -0.276. The number of ketones is 1. The number of aryl methyl sites for hydroxylation is 2. The van der Waals surface area contributed by atoms with Crippen LogP contribution in [0.3, 0.4) is 0 Å². The maximum Gasteiger partial charge on any atom is 0.435 e. The standard InChI is InChI=1S/C19H14Cl2F3NO2.C19H12Cl2F3NO2/c2*20-13-6-12(7-14(21)8-13)18(19(22,23)24)9-16(25-27-18)11-1-3-15-10(5-11)2-4-17(15)26/h1,3,5-8,17,26H,2,4,9H2;1,3,5-8H,2,4,9H2. The molecule has 4 aliphatic rings. The highest BCUT2D eigenvalue weighted by atomic mass is 35.5. The summed E-state index contributed by atoms with van der Waals surface area (Å²) in [6, 6.07) is 17.6. The lowest BCUT2D eigenvalue weighted by Gasteiger charge is -2.29. The maximum atomic E-state index is 14.0. The Labute approximate surface area is 324 Å². The Morgan fingerprint density at radius 3 is 1.57 bits per heavy atom. The molecule has 54 heavy (non-hydrogen) atoms. The molecule has 0 fully saturated rings. The third-order valence-electron chi connectivity index (χ3n) is 9.91. The van der Waals surface area contributed by atoms with E-state index in [0.29, 0.717) is 42.4 Å². The number of rotatable bonds is 4. The molecule has 3 unspecified atom stereocenters. The highest BCUT2D eigenvalue weighted by Crippen LogP contribution is 2.51. The molecule has 2 aliphatic heterocycles. The molecule has 0 spiro atoms. The number of oxime groups is 2. The van der Waals surface area contributed by atoms with E-state index < -0.39 is 42.5 Å². The van der Waals surface area contributed by atoms with Gasteiger partial charge in [-0.3, -0.25) is 4.79 Å². The number of hydrogen-bond donors (Lipinski definition) is 1. The highest BCUT2D eigenvalue weighted by Gasteiger charge is 2.63. The fourth-order valence-corrected chi connectivity index (χ4v) is 8.15. The molecule has 2 aliphatic carbocycles. The van der Waals surface area contributed by atoms with Crippen molar-refractivity contribution in [3.05, 3.63) is 137 Å². The van der Waals surface area contributed by atoms with Crippen LogP contribution in [0.15, 0.2) is 83.1 Å². The Morgan fingerprint density at radius 2 is 1.09 bits per heavy atom. The Morgan fingerprint density at radius 1 is 0.630 bits per heavy atom. The zero-order valence-electron chi connectivity index (χ0n) is 27.6. The van der Waals surface area contributed by atoms with E-state index in [1.807, 2.05) is 0 Å². The summed E-state index contributed by atoms with van der Waals surface area (Å²) < 4.78 is 84.0. The average molecular weight is 830 g/mol. The van der Waals surface area contributed by atoms with Crippen molar-refractivity contribution in [1.29, 1.82) is 0 Å². The third-order valence-corrected chi connectivity index (χ3v) is 10.8. The number of aliphatic hydroxyl groups is 1. The molecule has 0 aromatic heterocycles. The molecule has 16 heteroatoms. The largest absolute Gasteiger partial charge is 0.435 e. The number of aliphatic hydroxyl groups excluding tert-OH is 1. The zero-order chi connectivity index (χ0) is 38.8. The van der Waals surface area contributed by atoms with Crippen molar-refractivity contribution in [2.75, 3.05) is 0 Å². The van der Waals surface area contributed by atoms with Gasteiger partial charge in [0, 0.05) is 56.0 Å². The zero-order valence-corrected chi connectivity index (χ0v) is 30.6. The number of fused-ring (bicyclic) bond motifs is 2. The van der Waals surface area contributed by atoms with Crippen molar-refractivity contribution < 1.29 is 45.9 Å². The fourth-order valence-electron chi connectivity index (χ4n) is 7.10. The SMILES string of the molecule is O=C1CCc2cc(C3=NOC(c4cc(Cl)cc(Cl)c4)(C(F)(F)F)C3)ccc21.OC1CCc2cc(C3=NOC(c4cc(Cl)cc(Cl)c4)(C(F)(F)F)C3)ccc21. The summed E-state index contributed by atoms with van der Waals surface area (Å²) in [6.07, 6.45) is -8.73. The average Bonchev–Trinajstić information content (AvgIpc) is 3.90. The van der Waals surface area contributed by atoms with Gasteiger partial charge in [0.05, 0.1) is 17.5 Å². The van der Waals surface area contributed by atoms with E-state index in [1.165, 1.54) is 36.4 Å². The van der Waals surface area contributed by atoms with E-state index in [-0.39, 0.29) is 48.4 Å². The van der Waals surface area contributed by atoms with Crippen molar-refractivity contribution in [1.82, 2.24) is 0 Å². The van der Waals surface area contributed by atoms with E-state index >= 15 is 0 Å². The molecular formula is C38H26Cl4F6N2O4. The van der Waals surface area contributed by atoms with Crippen molar-refractivity contribution >= 4 is 63.6 Å². The molecular weight excluding hydrogens is 804 g/mol. The first kappa shape index (κ1) is 38.5. The summed E-state index contributed by atoms with van der Waals surface area (Å²) >= 11 is 23.6. The number of hydrogen-bond acceptors (Lipinski definition) is 6. The molecule has 282 valence electrons. The third kappa shape index (κ3) is 6.96. The topological polar surface area (TPSA) is 80.5 Å². The number of benzene rings is 4. The molecule has 0 amide bonds. The summed E-state index contributed by atoms with van der Waals surface area (Å²) in [7, 11) is 0. The molecule has 4 aromatic carbocycles. The van der Waals surface area contributed by atoms with E-state index in [0.717, 1.165) is 16.7 Å². The molecule has 3 atom stereocenters. The minimum absolute atomic E-state index is 0.0411. The lowest BCUT2D eigenvalue weighted by Crippen LogP contribution is -2.42. The molecule has 0 bridgehead atoms. The molecule has 6 nitrogen and oxygen atoms in total. The Bertz CT molecular complexity index is 2200. The van der Waals surface area contributed by atoms with Gasteiger partial charge in [-0.25, -0.2) is 0 Å². The Hall–Kier alpha value is -3.81. The van der Waals surface area contributed by atoms with Crippen LogP contribution < -0.4 is 0 Å². The summed E-state index contributed by atoms with van der Waals surface area (Å²) in [5.41, 5.74) is -1.16. The van der Waals surface area contributed by atoms with Crippen LogP contribution >= 0.6 is 46.4 Å². The molecule has 0 radical (unpaired) electrons. The first-order valence-corrected chi connectivity index (χ1v) is 17.9. The van der Waals surface area contributed by atoms with Crippen molar-refractivity contribution in [2.24, 2.45) is 10.3 Å². The first-order chi connectivity index (χ1) is 25.4. The molecule has 0 saturated heterocycles. The predicted octanol–water partition coefficient (Wildman–Crippen LogP) is 11.3. The smallest absolute Gasteiger partial charge is 0.388 e. The van der Waals surface area contributed by atoms with Gasteiger partial charge in [0.15, 0.2) is 5.78 Å². The number of halogens is 10. The van der Waals surface area contributed by atoms with Gasteiger partial charge in [0.25, 0.3) is 11.2 Å². The summed E-state index contributed by atoms with van der Waals surface area (Å²) in [6.45, 7) is 0. The van der Waals surface area contributed by atoms with Crippen molar-refractivity contribution in [3.8, 4) is 0 Å². The monoisotopic (exact) mass is 828 g/mol. The van der Waals surface area contributed by atoms with Crippen molar-refractivity contribution in [2.45, 2.75) is 68.2 Å². The summed E-state index contributed by atoms with van der Waals surface area (Å²) in [4.78, 5) is 21.7. The van der Waals surface area contributed by atoms with Gasteiger partial charge >= 0.3 is 12.4 Å². The van der Waals surface area contributed by atoms with E-state index in [9.17, 15) is 36.2 Å². The van der Waals surface area contributed by atoms with Crippen LogP contribution in [-0.4, -0.2) is 34.7 Å². The first-order valence-electron chi connectivity index (χ1n) is 16.4. The van der Waals surface area contributed by atoms with Crippen LogP contribution in [0, 0.1) is 0 Å². The van der Waals surface area contributed by atoms with Gasteiger partial charge in [0.2, 0.25) is 0 Å². The Kier molecular flexibility index (Phi) is 10.0. The Balaban J connectivity index is 0.000000167. The predicted molar refractivity (Wildman–Crippen MR) is 192 cm³/mol. The molecule has 2 heterocycles. The number of nitrogens with zero attached hydrogens (tertiary/aromatic N) is 2. The number of Topliss-reactive ketones (excluding diaryl/α,β-unsaturated/α-hetero) is 1. The maximum absolute atomic E-state index is 14.0. The van der Waals surface area contributed by atoms with E-state index in [4.69, 9.17) is 56.1 Å². The van der Waals surface area contributed by atoms with Crippen LogP contribution in [0.1, 0.15) is 81.1 Å². The fraction of sp³-hybridized carbons (Fsp3) is 0.289. The molecule has 1 N–H and O–H groups in total. The van der Waals surface area contributed by atoms with Gasteiger partial charge in [0.1, 0.15) is 0 Å². The second-order valence-electron chi connectivity index (χ2n) is 13.3. The van der Waals surface area contributed by atoms with Gasteiger partial charge < -0.3 is 14.8 Å². The van der Waals surface area contributed by atoms with Crippen LogP contribution in [0.25, 0.3) is 0 Å². The minimum atomic E-state index is -4.74. The second-order valence-corrected chi connectivity index (χ2v) is 15.1. The normalized spacial score (nSPS) is 23.2.